The van der Waals surface area contributed by atoms with Gasteiger partial charge in [0.2, 0.25) is 0 Å². The van der Waals surface area contributed by atoms with Crippen LogP contribution >= 0.6 is 0 Å². The Hall–Kier alpha value is -1.79. The number of nitrogens with two attached hydrogens (primary N) is 2. The van der Waals surface area contributed by atoms with Crippen LogP contribution in [0.25, 0.3) is 6.08 Å². The van der Waals surface area contributed by atoms with Gasteiger partial charge >= 0.3 is 0 Å². The second-order valence-corrected chi connectivity index (χ2v) is 2.60. The smallest absolute Gasteiger partial charge is 0.101 e. The minimum Gasteiger partial charge on any atom is -0.398 e. The van der Waals surface area contributed by atoms with Crippen LogP contribution in [0.1, 0.15) is 11.1 Å². The quantitative estimate of drug-likeness (QED) is 0.658. The first-order valence-electron chi connectivity index (χ1n) is 3.94. The number of nitrogens with zero attached hydrogens (tertiary/aromatic N) is 1. The Labute approximate surface area is 77.3 Å². The summed E-state index contributed by atoms with van der Waals surface area (Å²) < 4.78 is 0. The van der Waals surface area contributed by atoms with E-state index in [1.54, 1.807) is 12.1 Å². The van der Waals surface area contributed by atoms with Crippen LogP contribution in [0.3, 0.4) is 0 Å². The van der Waals surface area contributed by atoms with Gasteiger partial charge in [0.05, 0.1) is 5.56 Å². The first kappa shape index (κ1) is 9.30. The fourth-order valence-corrected chi connectivity index (χ4v) is 0.979. The van der Waals surface area contributed by atoms with Gasteiger partial charge in [0.25, 0.3) is 0 Å². The predicted molar refractivity (Wildman–Crippen MR) is 53.7 cm³/mol. The van der Waals surface area contributed by atoms with Gasteiger partial charge in [0.1, 0.15) is 6.07 Å². The zero-order valence-electron chi connectivity index (χ0n) is 7.20. The van der Waals surface area contributed by atoms with Crippen molar-refractivity contribution >= 4 is 11.8 Å². The van der Waals surface area contributed by atoms with E-state index in [0.29, 0.717) is 17.8 Å². The lowest BCUT2D eigenvalue weighted by Crippen LogP contribution is -1.93. The highest BCUT2D eigenvalue weighted by molar-refractivity contribution is 5.61. The van der Waals surface area contributed by atoms with E-state index < -0.39 is 0 Å². The number of anilines is 1. The number of hydrogen-bond donors (Lipinski definition) is 2. The van der Waals surface area contributed by atoms with Crippen LogP contribution in [0.4, 0.5) is 5.69 Å². The van der Waals surface area contributed by atoms with Gasteiger partial charge in [-0.2, -0.15) is 5.26 Å². The molecule has 0 atom stereocenters. The van der Waals surface area contributed by atoms with Crippen LogP contribution in [-0.2, 0) is 0 Å². The molecule has 66 valence electrons. The molecule has 0 bridgehead atoms. The van der Waals surface area contributed by atoms with E-state index in [9.17, 15) is 0 Å². The van der Waals surface area contributed by atoms with Crippen LogP contribution < -0.4 is 11.5 Å². The third-order valence-corrected chi connectivity index (χ3v) is 1.64. The van der Waals surface area contributed by atoms with Gasteiger partial charge in [-0.1, -0.05) is 18.2 Å². The molecule has 0 amide bonds. The van der Waals surface area contributed by atoms with Gasteiger partial charge in [-0.3, -0.25) is 0 Å². The average Bonchev–Trinajstić information content (AvgIpc) is 2.16. The standard InChI is InChI=1S/C10H11N3/c11-5-1-2-8-3-4-10(13)9(6-8)7-12/h1-4,6H,5,11,13H2. The molecule has 0 aliphatic carbocycles. The van der Waals surface area contributed by atoms with Crippen LogP contribution in [0.15, 0.2) is 24.3 Å². The Kier molecular flexibility index (Phi) is 3.07. The number of benzene rings is 1. The second-order valence-electron chi connectivity index (χ2n) is 2.60. The maximum absolute atomic E-state index is 8.69. The molecule has 0 saturated heterocycles. The molecule has 1 rings (SSSR count). The van der Waals surface area contributed by atoms with Gasteiger partial charge < -0.3 is 11.5 Å². The fourth-order valence-electron chi connectivity index (χ4n) is 0.979. The Balaban J connectivity index is 3.01. The number of nitriles is 1. The number of hydrogen-bond acceptors (Lipinski definition) is 3. The highest BCUT2D eigenvalue weighted by Gasteiger charge is 1.96. The van der Waals surface area contributed by atoms with Gasteiger partial charge in [0.15, 0.2) is 0 Å². The van der Waals surface area contributed by atoms with E-state index in [4.69, 9.17) is 16.7 Å². The van der Waals surface area contributed by atoms with Crippen molar-refractivity contribution in [2.75, 3.05) is 12.3 Å². The molecule has 4 N–H and O–H groups in total. The molecule has 3 heteroatoms. The van der Waals surface area contributed by atoms with Crippen molar-refractivity contribution in [2.24, 2.45) is 5.73 Å². The first-order valence-corrected chi connectivity index (χ1v) is 3.94. The maximum atomic E-state index is 8.69. The highest BCUT2D eigenvalue weighted by Crippen LogP contribution is 2.13. The normalized spacial score (nSPS) is 10.2. The molecule has 13 heavy (non-hydrogen) atoms. The van der Waals surface area contributed by atoms with E-state index in [2.05, 4.69) is 0 Å². The lowest BCUT2D eigenvalue weighted by Gasteiger charge is -1.98. The molecule has 0 heterocycles. The van der Waals surface area contributed by atoms with E-state index in [1.165, 1.54) is 0 Å². The lowest BCUT2D eigenvalue weighted by atomic mass is 10.1. The van der Waals surface area contributed by atoms with Gasteiger partial charge in [-0.15, -0.1) is 0 Å². The van der Waals surface area contributed by atoms with Gasteiger partial charge in [-0.25, -0.2) is 0 Å². The second kappa shape index (κ2) is 4.29. The molecule has 0 saturated carbocycles. The lowest BCUT2D eigenvalue weighted by molar-refractivity contribution is 1.26. The van der Waals surface area contributed by atoms with Crippen molar-refractivity contribution in [3.63, 3.8) is 0 Å². The minimum atomic E-state index is 0.492. The van der Waals surface area contributed by atoms with Crippen molar-refractivity contribution in [3.8, 4) is 6.07 Å². The summed E-state index contributed by atoms with van der Waals surface area (Å²) in [7, 11) is 0. The Morgan fingerprint density at radius 2 is 2.23 bits per heavy atom. The highest BCUT2D eigenvalue weighted by atomic mass is 14.6. The maximum Gasteiger partial charge on any atom is 0.101 e. The summed E-state index contributed by atoms with van der Waals surface area (Å²) in [5, 5.41) is 8.69. The zero-order valence-corrected chi connectivity index (χ0v) is 7.20. The van der Waals surface area contributed by atoms with Gasteiger partial charge in [0, 0.05) is 12.2 Å². The average molecular weight is 173 g/mol. The summed E-state index contributed by atoms with van der Waals surface area (Å²) in [5.41, 5.74) is 12.8. The SMILES string of the molecule is N#Cc1cc(C=CCN)ccc1N. The Bertz CT molecular complexity index is 361. The molecule has 1 aromatic rings. The molecule has 1 aromatic carbocycles. The van der Waals surface area contributed by atoms with E-state index in [0.717, 1.165) is 5.56 Å². The molecule has 0 aliphatic rings. The largest absolute Gasteiger partial charge is 0.398 e. The molecule has 0 aromatic heterocycles. The van der Waals surface area contributed by atoms with Crippen molar-refractivity contribution < 1.29 is 0 Å². The fraction of sp³-hybridized carbons (Fsp3) is 0.100. The molecule has 0 fully saturated rings. The molecular weight excluding hydrogens is 162 g/mol. The Morgan fingerprint density at radius 1 is 1.46 bits per heavy atom. The van der Waals surface area contributed by atoms with Crippen molar-refractivity contribution in [1.82, 2.24) is 0 Å². The minimum absolute atomic E-state index is 0.492. The molecule has 0 aliphatic heterocycles. The van der Waals surface area contributed by atoms with Gasteiger partial charge in [-0.05, 0) is 17.7 Å². The van der Waals surface area contributed by atoms with Crippen LogP contribution in [0.5, 0.6) is 0 Å². The molecule has 0 spiro atoms. The van der Waals surface area contributed by atoms with Crippen LogP contribution in [-0.4, -0.2) is 6.54 Å². The molecule has 0 radical (unpaired) electrons. The van der Waals surface area contributed by atoms with E-state index in [-0.39, 0.29) is 0 Å². The Morgan fingerprint density at radius 3 is 2.85 bits per heavy atom. The zero-order chi connectivity index (χ0) is 9.68. The summed E-state index contributed by atoms with van der Waals surface area (Å²) in [6.07, 6.45) is 3.69. The van der Waals surface area contributed by atoms with Crippen molar-refractivity contribution in [3.05, 3.63) is 35.4 Å². The summed E-state index contributed by atoms with van der Waals surface area (Å²) in [6, 6.07) is 7.33. The molecule has 3 nitrogen and oxygen atoms in total. The van der Waals surface area contributed by atoms with E-state index >= 15 is 0 Å². The molecule has 0 unspecified atom stereocenters. The third-order valence-electron chi connectivity index (χ3n) is 1.64. The van der Waals surface area contributed by atoms with Crippen LogP contribution in [0, 0.1) is 11.3 Å². The van der Waals surface area contributed by atoms with E-state index in [1.807, 2.05) is 24.3 Å². The van der Waals surface area contributed by atoms with Crippen molar-refractivity contribution in [1.29, 1.82) is 5.26 Å². The molecular formula is C10H11N3. The number of rotatable bonds is 2. The first-order chi connectivity index (χ1) is 6.27. The third kappa shape index (κ3) is 2.32. The summed E-state index contributed by atoms with van der Waals surface area (Å²) in [5.74, 6) is 0. The predicted octanol–water partition coefficient (Wildman–Crippen LogP) is 1.11. The monoisotopic (exact) mass is 173 g/mol. The summed E-state index contributed by atoms with van der Waals surface area (Å²) in [4.78, 5) is 0. The van der Waals surface area contributed by atoms with Crippen molar-refractivity contribution in [2.45, 2.75) is 0 Å². The van der Waals surface area contributed by atoms with Crippen LogP contribution in [0.2, 0.25) is 0 Å². The summed E-state index contributed by atoms with van der Waals surface area (Å²) in [6.45, 7) is 0.492. The summed E-state index contributed by atoms with van der Waals surface area (Å²) >= 11 is 0. The number of nitrogen functional groups attached to an aromatic ring is 1. The topological polar surface area (TPSA) is 75.8 Å².